The first-order chi connectivity index (χ1) is 7.05. The van der Waals surface area contributed by atoms with Crippen LogP contribution in [0.25, 0.3) is 0 Å². The fraction of sp³-hybridized carbons (Fsp3) is 0.727. The highest BCUT2D eigenvalue weighted by atomic mass is 16.5. The van der Waals surface area contributed by atoms with Crippen molar-refractivity contribution < 1.29 is 4.74 Å². The summed E-state index contributed by atoms with van der Waals surface area (Å²) in [5.74, 6) is 0. The van der Waals surface area contributed by atoms with Gasteiger partial charge in [-0.3, -0.25) is 4.68 Å². The highest BCUT2D eigenvalue weighted by molar-refractivity contribution is 5.39. The molecule has 0 spiro atoms. The number of rotatable bonds is 2. The van der Waals surface area contributed by atoms with Gasteiger partial charge in [0.1, 0.15) is 0 Å². The van der Waals surface area contributed by atoms with Crippen LogP contribution in [0.4, 0.5) is 5.69 Å². The Morgan fingerprint density at radius 2 is 2.33 bits per heavy atom. The van der Waals surface area contributed by atoms with Gasteiger partial charge in [0.2, 0.25) is 0 Å². The standard InChI is InChI=1S/C11H19N3O/c1-11(2,3)14-7-10(6-12-14)13-9-4-5-15-8-9/h6-7,9,13H,4-5,8H2,1-3H3. The summed E-state index contributed by atoms with van der Waals surface area (Å²) in [7, 11) is 0. The summed E-state index contributed by atoms with van der Waals surface area (Å²) >= 11 is 0. The summed E-state index contributed by atoms with van der Waals surface area (Å²) in [6.45, 7) is 8.10. The monoisotopic (exact) mass is 209 g/mol. The Kier molecular flexibility index (Phi) is 2.69. The normalized spacial score (nSPS) is 21.9. The molecule has 15 heavy (non-hydrogen) atoms. The average Bonchev–Trinajstić information content (AvgIpc) is 2.73. The van der Waals surface area contributed by atoms with Crippen molar-refractivity contribution in [2.45, 2.75) is 38.8 Å². The molecule has 1 aromatic rings. The van der Waals surface area contributed by atoms with E-state index in [1.54, 1.807) is 0 Å². The number of anilines is 1. The molecule has 1 saturated heterocycles. The molecule has 1 fully saturated rings. The zero-order valence-electron chi connectivity index (χ0n) is 9.66. The highest BCUT2D eigenvalue weighted by Gasteiger charge is 2.18. The Bertz CT molecular complexity index is 321. The largest absolute Gasteiger partial charge is 0.379 e. The summed E-state index contributed by atoms with van der Waals surface area (Å²) in [6, 6.07) is 0.447. The van der Waals surface area contributed by atoms with E-state index in [9.17, 15) is 0 Å². The average molecular weight is 209 g/mol. The number of hydrogen-bond acceptors (Lipinski definition) is 3. The van der Waals surface area contributed by atoms with Crippen molar-refractivity contribution in [3.8, 4) is 0 Å². The topological polar surface area (TPSA) is 39.1 Å². The van der Waals surface area contributed by atoms with Crippen LogP contribution in [-0.2, 0) is 10.3 Å². The van der Waals surface area contributed by atoms with Crippen LogP contribution in [0.2, 0.25) is 0 Å². The molecule has 0 aliphatic carbocycles. The summed E-state index contributed by atoms with van der Waals surface area (Å²) in [4.78, 5) is 0. The molecule has 0 radical (unpaired) electrons. The molecule has 84 valence electrons. The van der Waals surface area contributed by atoms with Gasteiger partial charge >= 0.3 is 0 Å². The second kappa shape index (κ2) is 3.85. The van der Waals surface area contributed by atoms with Gasteiger partial charge in [-0.2, -0.15) is 5.10 Å². The fourth-order valence-electron chi connectivity index (χ4n) is 1.65. The van der Waals surface area contributed by atoms with Crippen molar-refractivity contribution in [3.63, 3.8) is 0 Å². The minimum atomic E-state index is 0.0477. The van der Waals surface area contributed by atoms with E-state index >= 15 is 0 Å². The molecule has 2 heterocycles. The number of nitrogens with zero attached hydrogens (tertiary/aromatic N) is 2. The predicted octanol–water partition coefficient (Wildman–Crippen LogP) is 1.84. The van der Waals surface area contributed by atoms with Gasteiger partial charge in [0.25, 0.3) is 0 Å². The third-order valence-electron chi connectivity index (χ3n) is 2.57. The Balaban J connectivity index is 2.00. The molecule has 1 aliphatic heterocycles. The van der Waals surface area contributed by atoms with Gasteiger partial charge in [-0.25, -0.2) is 0 Å². The molecule has 4 nitrogen and oxygen atoms in total. The maximum atomic E-state index is 5.31. The maximum Gasteiger partial charge on any atom is 0.0729 e. The first-order valence-corrected chi connectivity index (χ1v) is 5.45. The van der Waals surface area contributed by atoms with Crippen LogP contribution in [0.15, 0.2) is 12.4 Å². The van der Waals surface area contributed by atoms with Gasteiger partial charge < -0.3 is 10.1 Å². The summed E-state index contributed by atoms with van der Waals surface area (Å²) in [5.41, 5.74) is 1.13. The van der Waals surface area contributed by atoms with Gasteiger partial charge in [0.05, 0.1) is 30.1 Å². The Labute approximate surface area is 90.6 Å². The third kappa shape index (κ3) is 2.50. The fourth-order valence-corrected chi connectivity index (χ4v) is 1.65. The molecular weight excluding hydrogens is 190 g/mol. The van der Waals surface area contributed by atoms with Crippen LogP contribution in [-0.4, -0.2) is 29.0 Å². The molecule has 0 bridgehead atoms. The molecule has 1 N–H and O–H groups in total. The molecule has 1 aromatic heterocycles. The van der Waals surface area contributed by atoms with Crippen molar-refractivity contribution in [2.75, 3.05) is 18.5 Å². The highest BCUT2D eigenvalue weighted by Crippen LogP contribution is 2.17. The van der Waals surface area contributed by atoms with Crippen molar-refractivity contribution in [1.82, 2.24) is 9.78 Å². The molecular formula is C11H19N3O. The molecule has 1 atom stereocenters. The summed E-state index contributed by atoms with van der Waals surface area (Å²) < 4.78 is 7.29. The van der Waals surface area contributed by atoms with Crippen LogP contribution < -0.4 is 5.32 Å². The van der Waals surface area contributed by atoms with Gasteiger partial charge in [0.15, 0.2) is 0 Å². The molecule has 1 unspecified atom stereocenters. The third-order valence-corrected chi connectivity index (χ3v) is 2.57. The molecule has 0 aromatic carbocycles. The smallest absolute Gasteiger partial charge is 0.0729 e. The van der Waals surface area contributed by atoms with Gasteiger partial charge in [0, 0.05) is 12.8 Å². The predicted molar refractivity (Wildman–Crippen MR) is 60.1 cm³/mol. The van der Waals surface area contributed by atoms with Crippen molar-refractivity contribution in [3.05, 3.63) is 12.4 Å². The van der Waals surface area contributed by atoms with E-state index < -0.39 is 0 Å². The summed E-state index contributed by atoms with van der Waals surface area (Å²) in [5, 5.41) is 7.77. The quantitative estimate of drug-likeness (QED) is 0.807. The zero-order valence-corrected chi connectivity index (χ0v) is 9.66. The molecule has 0 amide bonds. The van der Waals surface area contributed by atoms with E-state index in [-0.39, 0.29) is 5.54 Å². The molecule has 4 heteroatoms. The number of hydrogen-bond donors (Lipinski definition) is 1. The lowest BCUT2D eigenvalue weighted by Crippen LogP contribution is -2.22. The van der Waals surface area contributed by atoms with Crippen molar-refractivity contribution >= 4 is 5.69 Å². The molecule has 0 saturated carbocycles. The van der Waals surface area contributed by atoms with Crippen LogP contribution in [0.1, 0.15) is 27.2 Å². The van der Waals surface area contributed by atoms with Crippen molar-refractivity contribution in [2.24, 2.45) is 0 Å². The molecule has 1 aliphatic rings. The maximum absolute atomic E-state index is 5.31. The van der Waals surface area contributed by atoms with Gasteiger partial charge in [-0.05, 0) is 27.2 Å². The minimum absolute atomic E-state index is 0.0477. The first-order valence-electron chi connectivity index (χ1n) is 5.45. The minimum Gasteiger partial charge on any atom is -0.379 e. The Hall–Kier alpha value is -1.03. The van der Waals surface area contributed by atoms with Gasteiger partial charge in [-0.15, -0.1) is 0 Å². The zero-order chi connectivity index (χ0) is 10.9. The van der Waals surface area contributed by atoms with Gasteiger partial charge in [-0.1, -0.05) is 0 Å². The van der Waals surface area contributed by atoms with Crippen LogP contribution >= 0.6 is 0 Å². The second-order valence-corrected chi connectivity index (χ2v) is 5.05. The SMILES string of the molecule is CC(C)(C)n1cc(NC2CCOC2)cn1. The van der Waals surface area contributed by atoms with Crippen LogP contribution in [0.3, 0.4) is 0 Å². The van der Waals surface area contributed by atoms with Crippen LogP contribution in [0, 0.1) is 0 Å². The van der Waals surface area contributed by atoms with E-state index in [2.05, 4.69) is 37.4 Å². The lowest BCUT2D eigenvalue weighted by atomic mass is 10.1. The Morgan fingerprint density at radius 1 is 1.53 bits per heavy atom. The van der Waals surface area contributed by atoms with E-state index in [4.69, 9.17) is 4.74 Å². The van der Waals surface area contributed by atoms with E-state index in [0.29, 0.717) is 6.04 Å². The van der Waals surface area contributed by atoms with E-state index in [1.807, 2.05) is 10.9 Å². The second-order valence-electron chi connectivity index (χ2n) is 5.05. The number of nitrogens with one attached hydrogen (secondary N) is 1. The van der Waals surface area contributed by atoms with E-state index in [1.165, 1.54) is 0 Å². The van der Waals surface area contributed by atoms with Crippen molar-refractivity contribution in [1.29, 1.82) is 0 Å². The first kappa shape index (κ1) is 10.5. The lowest BCUT2D eigenvalue weighted by Gasteiger charge is -2.18. The lowest BCUT2D eigenvalue weighted by molar-refractivity contribution is 0.195. The number of ether oxygens (including phenoxy) is 1. The molecule has 2 rings (SSSR count). The number of aromatic nitrogens is 2. The van der Waals surface area contributed by atoms with Crippen LogP contribution in [0.5, 0.6) is 0 Å². The summed E-state index contributed by atoms with van der Waals surface area (Å²) in [6.07, 6.45) is 5.02. The Morgan fingerprint density at radius 3 is 2.87 bits per heavy atom. The van der Waals surface area contributed by atoms with E-state index in [0.717, 1.165) is 25.3 Å².